The fourth-order valence-corrected chi connectivity index (χ4v) is 4.72. The van der Waals surface area contributed by atoms with E-state index in [1.807, 2.05) is 0 Å². The Hall–Kier alpha value is -6.56. The molecule has 0 atom stereocenters. The van der Waals surface area contributed by atoms with Crippen molar-refractivity contribution in [1.82, 2.24) is 0 Å². The van der Waals surface area contributed by atoms with Gasteiger partial charge in [-0.15, -0.1) is 0 Å². The van der Waals surface area contributed by atoms with E-state index in [0.29, 0.717) is 11.1 Å². The van der Waals surface area contributed by atoms with Crippen molar-refractivity contribution >= 4 is 24.3 Å². The minimum Gasteiger partial charge on any atom is -0.507 e. The lowest BCUT2D eigenvalue weighted by Gasteiger charge is -2.19. The molecule has 12 nitrogen and oxygen atoms in total. The van der Waals surface area contributed by atoms with Crippen LogP contribution in [0.3, 0.4) is 0 Å². The lowest BCUT2D eigenvalue weighted by molar-refractivity contribution is 0.372. The molecule has 0 spiro atoms. The molecular weight excluding hydrogens is 600 g/mol. The van der Waals surface area contributed by atoms with Gasteiger partial charge in [0, 0.05) is 12.1 Å². The van der Waals surface area contributed by atoms with Crippen molar-refractivity contribution in [3.63, 3.8) is 0 Å². The second-order valence-electron chi connectivity index (χ2n) is 10.00. The number of hydrogen-bond donors (Lipinski definition) is 7. The summed E-state index contributed by atoms with van der Waals surface area (Å²) in [7, 11) is 1.32. The quantitative estimate of drug-likeness (QED) is 0.113. The molecule has 0 unspecified atom stereocenters. The molecule has 5 aromatic rings. The molecule has 3 aromatic carbocycles. The van der Waals surface area contributed by atoms with Crippen LogP contribution in [0.5, 0.6) is 46.0 Å². The maximum absolute atomic E-state index is 13.4. The standard InChI is InChI=1S/C34H26O12/c1-44-29-11-6-19(14-26(29)39)30(31-27(40)15-20(45-33(31)42)7-2-17-4-9-22(35)24(37)12-17)32-28(41)16-21(46-34(32)43)8-3-18-5-10-23(36)25(38)13-18/h2-16,30,35-41H,1H3. The minimum absolute atomic E-state index is 0.0801. The van der Waals surface area contributed by atoms with Gasteiger partial charge >= 0.3 is 11.3 Å². The van der Waals surface area contributed by atoms with Crippen LogP contribution in [-0.4, -0.2) is 42.9 Å². The zero-order chi connectivity index (χ0) is 33.1. The molecule has 0 radical (unpaired) electrons. The molecule has 0 saturated heterocycles. The van der Waals surface area contributed by atoms with Gasteiger partial charge in [0.25, 0.3) is 0 Å². The maximum Gasteiger partial charge on any atom is 0.344 e. The van der Waals surface area contributed by atoms with E-state index in [2.05, 4.69) is 0 Å². The SMILES string of the molecule is COc1ccc(C(c2c(O)cc(C=Cc3ccc(O)c(O)c3)oc2=O)c2c(O)cc(C=Cc3ccc(O)c(O)c3)oc2=O)cc1O. The van der Waals surface area contributed by atoms with Crippen molar-refractivity contribution in [1.29, 1.82) is 0 Å². The molecule has 12 heteroatoms. The Morgan fingerprint density at radius 2 is 1.02 bits per heavy atom. The van der Waals surface area contributed by atoms with E-state index in [1.54, 1.807) is 0 Å². The Kier molecular flexibility index (Phi) is 8.45. The van der Waals surface area contributed by atoms with Crippen LogP contribution in [0.25, 0.3) is 24.3 Å². The van der Waals surface area contributed by atoms with Gasteiger partial charge in [-0.25, -0.2) is 9.59 Å². The molecule has 0 fully saturated rings. The predicted molar refractivity (Wildman–Crippen MR) is 166 cm³/mol. The van der Waals surface area contributed by atoms with Crippen molar-refractivity contribution in [3.05, 3.63) is 127 Å². The number of benzene rings is 3. The van der Waals surface area contributed by atoms with Crippen LogP contribution < -0.4 is 16.0 Å². The van der Waals surface area contributed by atoms with Gasteiger partial charge in [0.2, 0.25) is 0 Å². The number of hydrogen-bond acceptors (Lipinski definition) is 12. The minimum atomic E-state index is -1.50. The van der Waals surface area contributed by atoms with Gasteiger partial charge in [0.15, 0.2) is 34.5 Å². The summed E-state index contributed by atoms with van der Waals surface area (Å²) in [6, 6.07) is 14.2. The summed E-state index contributed by atoms with van der Waals surface area (Å²) in [5.74, 6) is -4.59. The summed E-state index contributed by atoms with van der Waals surface area (Å²) < 4.78 is 15.9. The second-order valence-corrected chi connectivity index (χ2v) is 10.00. The zero-order valence-electron chi connectivity index (χ0n) is 23.9. The largest absolute Gasteiger partial charge is 0.507 e. The zero-order valence-corrected chi connectivity index (χ0v) is 23.9. The summed E-state index contributed by atoms with van der Waals surface area (Å²) in [5, 5.41) is 71.1. The molecule has 0 bridgehead atoms. The van der Waals surface area contributed by atoms with Gasteiger partial charge in [-0.3, -0.25) is 0 Å². The van der Waals surface area contributed by atoms with Crippen LogP contribution in [0.4, 0.5) is 0 Å². The van der Waals surface area contributed by atoms with Crippen LogP contribution in [-0.2, 0) is 0 Å². The number of phenolic OH excluding ortho intramolecular Hbond substituents is 5. The Balaban J connectivity index is 1.60. The Bertz CT molecular complexity index is 2000. The van der Waals surface area contributed by atoms with Gasteiger partial charge < -0.3 is 49.3 Å². The normalized spacial score (nSPS) is 12.1. The van der Waals surface area contributed by atoms with Gasteiger partial charge in [-0.2, -0.15) is 0 Å². The summed E-state index contributed by atoms with van der Waals surface area (Å²) in [6.45, 7) is 0. The number of methoxy groups -OCH3 is 1. The molecule has 0 aliphatic rings. The van der Waals surface area contributed by atoms with Crippen molar-refractivity contribution in [2.24, 2.45) is 0 Å². The first kappa shape index (κ1) is 30.9. The van der Waals surface area contributed by atoms with Gasteiger partial charge in [0.05, 0.1) is 24.2 Å². The summed E-state index contributed by atoms with van der Waals surface area (Å²) >= 11 is 0. The Labute approximate surface area is 259 Å². The molecule has 2 heterocycles. The van der Waals surface area contributed by atoms with Crippen LogP contribution >= 0.6 is 0 Å². The predicted octanol–water partition coefficient (Wildman–Crippen LogP) is 5.06. The lowest BCUT2D eigenvalue weighted by Crippen LogP contribution is -2.21. The van der Waals surface area contributed by atoms with Crippen molar-refractivity contribution in [2.45, 2.75) is 5.92 Å². The van der Waals surface area contributed by atoms with Crippen molar-refractivity contribution in [3.8, 4) is 46.0 Å². The molecule has 0 amide bonds. The van der Waals surface area contributed by atoms with Gasteiger partial charge in [-0.1, -0.05) is 30.4 Å². The highest BCUT2D eigenvalue weighted by molar-refractivity contribution is 5.71. The van der Waals surface area contributed by atoms with E-state index in [9.17, 15) is 45.3 Å². The van der Waals surface area contributed by atoms with E-state index in [4.69, 9.17) is 13.6 Å². The summed E-state index contributed by atoms with van der Waals surface area (Å²) in [6.07, 6.45) is 5.54. The molecular formula is C34H26O12. The van der Waals surface area contributed by atoms with E-state index >= 15 is 0 Å². The first-order valence-electron chi connectivity index (χ1n) is 13.5. The highest BCUT2D eigenvalue weighted by Crippen LogP contribution is 2.40. The highest BCUT2D eigenvalue weighted by atomic mass is 16.5. The number of ether oxygens (including phenoxy) is 1. The molecule has 46 heavy (non-hydrogen) atoms. The van der Waals surface area contributed by atoms with Crippen LogP contribution in [0, 0.1) is 0 Å². The third kappa shape index (κ3) is 6.36. The Morgan fingerprint density at radius 3 is 1.41 bits per heavy atom. The molecule has 5 rings (SSSR count). The first-order chi connectivity index (χ1) is 21.9. The smallest absolute Gasteiger partial charge is 0.344 e. The highest BCUT2D eigenvalue weighted by Gasteiger charge is 2.31. The fraction of sp³-hybridized carbons (Fsp3) is 0.0588. The van der Waals surface area contributed by atoms with E-state index in [1.165, 1.54) is 86.0 Å². The van der Waals surface area contributed by atoms with E-state index < -0.39 is 39.8 Å². The molecule has 0 saturated carbocycles. The van der Waals surface area contributed by atoms with E-state index in [0.717, 1.165) is 12.1 Å². The molecule has 0 aliphatic carbocycles. The number of rotatable bonds is 8. The molecule has 2 aromatic heterocycles. The van der Waals surface area contributed by atoms with Gasteiger partial charge in [0.1, 0.15) is 23.0 Å². The van der Waals surface area contributed by atoms with E-state index in [-0.39, 0.29) is 51.6 Å². The topological polar surface area (TPSA) is 211 Å². The number of aromatic hydroxyl groups is 7. The van der Waals surface area contributed by atoms with Gasteiger partial charge in [-0.05, 0) is 65.2 Å². The van der Waals surface area contributed by atoms with Crippen molar-refractivity contribution < 1.29 is 49.3 Å². The summed E-state index contributed by atoms with van der Waals surface area (Å²) in [4.78, 5) is 26.8. The molecule has 0 aliphatic heterocycles. The van der Waals surface area contributed by atoms with Crippen LogP contribution in [0.2, 0.25) is 0 Å². The summed E-state index contributed by atoms with van der Waals surface area (Å²) in [5.41, 5.74) is -2.09. The average molecular weight is 627 g/mol. The molecule has 234 valence electrons. The Morgan fingerprint density at radius 1 is 0.543 bits per heavy atom. The lowest BCUT2D eigenvalue weighted by atomic mass is 9.85. The molecule has 7 N–H and O–H groups in total. The van der Waals surface area contributed by atoms with Crippen molar-refractivity contribution in [2.75, 3.05) is 7.11 Å². The number of phenols is 5. The fourth-order valence-electron chi connectivity index (χ4n) is 4.72. The second kappa shape index (κ2) is 12.6. The maximum atomic E-state index is 13.4. The third-order valence-electron chi connectivity index (χ3n) is 6.96. The third-order valence-corrected chi connectivity index (χ3v) is 6.96. The first-order valence-corrected chi connectivity index (χ1v) is 13.5. The van der Waals surface area contributed by atoms with Crippen LogP contribution in [0.15, 0.2) is 85.2 Å². The average Bonchev–Trinajstić information content (AvgIpc) is 3.00. The van der Waals surface area contributed by atoms with Crippen LogP contribution in [0.1, 0.15) is 45.3 Å². The monoisotopic (exact) mass is 626 g/mol.